The van der Waals surface area contributed by atoms with Gasteiger partial charge in [0.2, 0.25) is 0 Å². The number of nitrogens with two attached hydrogens (primary N) is 1. The summed E-state index contributed by atoms with van der Waals surface area (Å²) in [6.07, 6.45) is 1.43. The van der Waals surface area contributed by atoms with Gasteiger partial charge in [-0.05, 0) is 56.5 Å². The Kier molecular flexibility index (Phi) is 6.77. The summed E-state index contributed by atoms with van der Waals surface area (Å²) in [5.41, 5.74) is 8.75. The summed E-state index contributed by atoms with van der Waals surface area (Å²) in [5, 5.41) is 0.891. The number of aromatic nitrogens is 1. The SMILES string of the molecule is CCOc1cc(C)ccc1OCC(=O)N1CCC(c2nc3ccccc3cc2C(N)=O)CC1. The van der Waals surface area contributed by atoms with Gasteiger partial charge >= 0.3 is 0 Å². The van der Waals surface area contributed by atoms with Crippen LogP contribution in [-0.2, 0) is 4.79 Å². The smallest absolute Gasteiger partial charge is 0.260 e. The van der Waals surface area contributed by atoms with E-state index in [0.29, 0.717) is 49.6 Å². The molecule has 0 unspecified atom stereocenters. The highest BCUT2D eigenvalue weighted by atomic mass is 16.5. The quantitative estimate of drug-likeness (QED) is 0.594. The molecule has 0 saturated carbocycles. The summed E-state index contributed by atoms with van der Waals surface area (Å²) in [6, 6.07) is 15.2. The molecule has 4 rings (SSSR count). The van der Waals surface area contributed by atoms with E-state index in [2.05, 4.69) is 0 Å². The van der Waals surface area contributed by atoms with E-state index in [1.807, 2.05) is 62.4 Å². The lowest BCUT2D eigenvalue weighted by atomic mass is 9.89. The number of rotatable bonds is 7. The van der Waals surface area contributed by atoms with Gasteiger partial charge in [0, 0.05) is 24.4 Å². The van der Waals surface area contributed by atoms with Crippen LogP contribution >= 0.6 is 0 Å². The largest absolute Gasteiger partial charge is 0.490 e. The Hall–Kier alpha value is -3.61. The predicted molar refractivity (Wildman–Crippen MR) is 127 cm³/mol. The normalized spacial score (nSPS) is 14.3. The highest BCUT2D eigenvalue weighted by Gasteiger charge is 2.28. The molecular weight excluding hydrogens is 418 g/mol. The van der Waals surface area contributed by atoms with E-state index in [0.717, 1.165) is 22.2 Å². The summed E-state index contributed by atoms with van der Waals surface area (Å²) >= 11 is 0. The van der Waals surface area contributed by atoms with E-state index in [4.69, 9.17) is 20.2 Å². The molecular formula is C26H29N3O4. The molecule has 1 aliphatic heterocycles. The summed E-state index contributed by atoms with van der Waals surface area (Å²) in [5.74, 6) is 0.739. The number of fused-ring (bicyclic) bond motifs is 1. The first-order valence-corrected chi connectivity index (χ1v) is 11.3. The molecule has 0 radical (unpaired) electrons. The fourth-order valence-corrected chi connectivity index (χ4v) is 4.28. The molecule has 2 N–H and O–H groups in total. The van der Waals surface area contributed by atoms with Crippen molar-refractivity contribution in [2.24, 2.45) is 5.73 Å². The van der Waals surface area contributed by atoms with Crippen molar-refractivity contribution in [1.82, 2.24) is 9.88 Å². The van der Waals surface area contributed by atoms with Gasteiger partial charge in [0.15, 0.2) is 18.1 Å². The highest BCUT2D eigenvalue weighted by molar-refractivity contribution is 5.97. The van der Waals surface area contributed by atoms with Crippen LogP contribution in [0.1, 0.15) is 47.3 Å². The standard InChI is InChI=1S/C26H29N3O4/c1-3-32-23-14-17(2)8-9-22(23)33-16-24(30)29-12-10-18(11-13-29)25-20(26(27)31)15-19-6-4-5-7-21(19)28-25/h4-9,14-15,18H,3,10-13,16H2,1-2H3,(H2,27,31). The van der Waals surface area contributed by atoms with E-state index >= 15 is 0 Å². The number of hydrogen-bond acceptors (Lipinski definition) is 5. The zero-order valence-electron chi connectivity index (χ0n) is 19.0. The number of benzene rings is 2. The lowest BCUT2D eigenvalue weighted by Gasteiger charge is -2.32. The average Bonchev–Trinajstić information content (AvgIpc) is 2.83. The molecule has 0 aliphatic carbocycles. The Bertz CT molecular complexity index is 1170. The molecule has 7 heteroatoms. The molecule has 3 aromatic rings. The van der Waals surface area contributed by atoms with Crippen LogP contribution in [0.25, 0.3) is 10.9 Å². The second-order valence-corrected chi connectivity index (χ2v) is 8.31. The first-order chi connectivity index (χ1) is 16.0. The molecule has 2 aromatic carbocycles. The second kappa shape index (κ2) is 9.90. The number of piperidine rings is 1. The van der Waals surface area contributed by atoms with Crippen LogP contribution in [0.15, 0.2) is 48.5 Å². The van der Waals surface area contributed by atoms with E-state index in [1.165, 1.54) is 0 Å². The van der Waals surface area contributed by atoms with E-state index in [1.54, 1.807) is 4.90 Å². The topological polar surface area (TPSA) is 94.8 Å². The monoisotopic (exact) mass is 447 g/mol. The number of nitrogens with zero attached hydrogens (tertiary/aromatic N) is 2. The van der Waals surface area contributed by atoms with Crippen LogP contribution in [0.3, 0.4) is 0 Å². The Morgan fingerprint density at radius 1 is 1.06 bits per heavy atom. The molecule has 1 fully saturated rings. The van der Waals surface area contributed by atoms with Crippen molar-refractivity contribution >= 4 is 22.7 Å². The molecule has 0 bridgehead atoms. The molecule has 7 nitrogen and oxygen atoms in total. The summed E-state index contributed by atoms with van der Waals surface area (Å²) in [7, 11) is 0. The van der Waals surface area contributed by atoms with Gasteiger partial charge in [0.25, 0.3) is 11.8 Å². The van der Waals surface area contributed by atoms with Gasteiger partial charge in [-0.15, -0.1) is 0 Å². The minimum atomic E-state index is -0.474. The molecule has 0 spiro atoms. The minimum absolute atomic E-state index is 0.0471. The third kappa shape index (κ3) is 5.08. The Morgan fingerprint density at radius 3 is 2.55 bits per heavy atom. The first kappa shape index (κ1) is 22.6. The van der Waals surface area contributed by atoms with Gasteiger partial charge in [0.05, 0.1) is 23.4 Å². The zero-order valence-corrected chi connectivity index (χ0v) is 19.0. The number of carbonyl (C=O) groups excluding carboxylic acids is 2. The van der Waals surface area contributed by atoms with Gasteiger partial charge in [-0.2, -0.15) is 0 Å². The predicted octanol–water partition coefficient (Wildman–Crippen LogP) is 3.83. The van der Waals surface area contributed by atoms with Gasteiger partial charge < -0.3 is 20.1 Å². The summed E-state index contributed by atoms with van der Waals surface area (Å²) < 4.78 is 11.4. The lowest BCUT2D eigenvalue weighted by Crippen LogP contribution is -2.41. The first-order valence-electron chi connectivity index (χ1n) is 11.3. The van der Waals surface area contributed by atoms with Gasteiger partial charge in [-0.25, -0.2) is 0 Å². The summed E-state index contributed by atoms with van der Waals surface area (Å²) in [4.78, 5) is 31.4. The molecule has 0 atom stereocenters. The molecule has 1 saturated heterocycles. The van der Waals surface area contributed by atoms with Crippen molar-refractivity contribution in [2.75, 3.05) is 26.3 Å². The Morgan fingerprint density at radius 2 is 1.82 bits per heavy atom. The van der Waals surface area contributed by atoms with Crippen LogP contribution in [-0.4, -0.2) is 48.0 Å². The average molecular weight is 448 g/mol. The van der Waals surface area contributed by atoms with E-state index < -0.39 is 5.91 Å². The maximum absolute atomic E-state index is 12.8. The molecule has 1 aromatic heterocycles. The molecule has 2 amide bonds. The number of hydrogen-bond donors (Lipinski definition) is 1. The van der Waals surface area contributed by atoms with Crippen molar-refractivity contribution in [1.29, 1.82) is 0 Å². The maximum atomic E-state index is 12.8. The van der Waals surface area contributed by atoms with Crippen molar-refractivity contribution < 1.29 is 19.1 Å². The van der Waals surface area contributed by atoms with E-state index in [-0.39, 0.29) is 18.4 Å². The number of amides is 2. The lowest BCUT2D eigenvalue weighted by molar-refractivity contribution is -0.134. The van der Waals surface area contributed by atoms with Crippen molar-refractivity contribution in [3.8, 4) is 11.5 Å². The zero-order chi connectivity index (χ0) is 23.4. The fraction of sp³-hybridized carbons (Fsp3) is 0.346. The number of para-hydroxylation sites is 1. The number of primary amides is 1. The number of aryl methyl sites for hydroxylation is 1. The van der Waals surface area contributed by atoms with Crippen molar-refractivity contribution in [3.05, 3.63) is 65.4 Å². The molecule has 2 heterocycles. The van der Waals surface area contributed by atoms with Crippen LogP contribution in [0.5, 0.6) is 11.5 Å². The van der Waals surface area contributed by atoms with Crippen LogP contribution in [0, 0.1) is 6.92 Å². The third-order valence-corrected chi connectivity index (χ3v) is 6.00. The molecule has 172 valence electrons. The fourth-order valence-electron chi connectivity index (χ4n) is 4.28. The number of carbonyl (C=O) groups is 2. The van der Waals surface area contributed by atoms with Crippen molar-refractivity contribution in [3.63, 3.8) is 0 Å². The number of pyridine rings is 1. The molecule has 1 aliphatic rings. The number of likely N-dealkylation sites (tertiary alicyclic amines) is 1. The summed E-state index contributed by atoms with van der Waals surface area (Å²) in [6.45, 7) is 5.52. The van der Waals surface area contributed by atoms with Gasteiger partial charge in [-0.1, -0.05) is 24.3 Å². The van der Waals surface area contributed by atoms with Crippen LogP contribution in [0.2, 0.25) is 0 Å². The van der Waals surface area contributed by atoms with Crippen LogP contribution < -0.4 is 15.2 Å². The minimum Gasteiger partial charge on any atom is -0.490 e. The Balaban J connectivity index is 1.41. The van der Waals surface area contributed by atoms with Gasteiger partial charge in [0.1, 0.15) is 0 Å². The molecule has 33 heavy (non-hydrogen) atoms. The maximum Gasteiger partial charge on any atom is 0.260 e. The number of ether oxygens (including phenoxy) is 2. The second-order valence-electron chi connectivity index (χ2n) is 8.31. The van der Waals surface area contributed by atoms with Gasteiger partial charge in [-0.3, -0.25) is 14.6 Å². The third-order valence-electron chi connectivity index (χ3n) is 6.00. The highest BCUT2D eigenvalue weighted by Crippen LogP contribution is 2.32. The Labute approximate surface area is 193 Å². The van der Waals surface area contributed by atoms with Crippen molar-refractivity contribution in [2.45, 2.75) is 32.6 Å². The van der Waals surface area contributed by atoms with E-state index in [9.17, 15) is 9.59 Å². The van der Waals surface area contributed by atoms with Crippen LogP contribution in [0.4, 0.5) is 0 Å².